The van der Waals surface area contributed by atoms with E-state index in [1.807, 2.05) is 13.1 Å². The van der Waals surface area contributed by atoms with Gasteiger partial charge in [0.15, 0.2) is 11.6 Å². The molecule has 1 aliphatic heterocycles. The van der Waals surface area contributed by atoms with Crippen LogP contribution in [0.3, 0.4) is 0 Å². The van der Waals surface area contributed by atoms with Gasteiger partial charge in [-0.2, -0.15) is 4.98 Å². The zero-order chi connectivity index (χ0) is 24.1. The highest BCUT2D eigenvalue weighted by molar-refractivity contribution is 5.56. The van der Waals surface area contributed by atoms with Gasteiger partial charge in [-0.3, -0.25) is 4.90 Å². The second-order valence-electron chi connectivity index (χ2n) is 9.82. The Kier molecular flexibility index (Phi) is 7.83. The predicted octanol–water partition coefficient (Wildman–Crippen LogP) is 4.35. The second kappa shape index (κ2) is 10.8. The largest absolute Gasteiger partial charge is 0.494 e. The van der Waals surface area contributed by atoms with Gasteiger partial charge < -0.3 is 15.8 Å². The third-order valence-corrected chi connectivity index (χ3v) is 7.54. The van der Waals surface area contributed by atoms with E-state index in [9.17, 15) is 4.39 Å². The fraction of sp³-hybridized carbons (Fsp3) is 0.640. The fourth-order valence-corrected chi connectivity index (χ4v) is 5.51. The summed E-state index contributed by atoms with van der Waals surface area (Å²) in [5.74, 6) is 1.63. The summed E-state index contributed by atoms with van der Waals surface area (Å²) in [4.78, 5) is 16.2. The monoisotopic (exact) mass is 472 g/mol. The van der Waals surface area contributed by atoms with Gasteiger partial charge in [0.25, 0.3) is 0 Å². The van der Waals surface area contributed by atoms with Crippen LogP contribution in [0.4, 0.5) is 27.9 Å². The number of hydrogen-bond donors (Lipinski definition) is 2. The van der Waals surface area contributed by atoms with Gasteiger partial charge in [-0.25, -0.2) is 8.87 Å². The Morgan fingerprint density at radius 1 is 1.15 bits per heavy atom. The minimum atomic E-state index is -0.402. The van der Waals surface area contributed by atoms with Crippen molar-refractivity contribution in [2.24, 2.45) is 5.92 Å². The highest BCUT2D eigenvalue weighted by Crippen LogP contribution is 2.36. The molecule has 2 unspecified atom stereocenters. The number of likely N-dealkylation sites (N-methyl/N-ethyl adjacent to an activating group) is 2. The standard InChI is InChI=1S/C25H39FN7O/c1-4-32-14-8-11-19(32)17-33(2,20-12-13-22(34-3)21(26)15-20)25-30-23(27)29-24(31-25)28-16-18-9-6-5-7-10-18/h12-13,15,18-19H,4-11,14,16-17H2,1-3H3,(H3,27,28,29,30,31)/q+1. The molecule has 1 saturated heterocycles. The van der Waals surface area contributed by atoms with Crippen LogP contribution >= 0.6 is 0 Å². The van der Waals surface area contributed by atoms with Gasteiger partial charge in [0.1, 0.15) is 12.2 Å². The molecule has 2 aromatic rings. The number of nitrogens with one attached hydrogen (secondary N) is 1. The number of likely N-dealkylation sites (tertiary alicyclic amines) is 1. The van der Waals surface area contributed by atoms with E-state index in [0.29, 0.717) is 30.4 Å². The van der Waals surface area contributed by atoms with Crippen molar-refractivity contribution in [3.63, 3.8) is 0 Å². The summed E-state index contributed by atoms with van der Waals surface area (Å²) in [6.45, 7) is 5.78. The Morgan fingerprint density at radius 2 is 1.94 bits per heavy atom. The number of nitrogens with zero attached hydrogens (tertiary/aromatic N) is 5. The molecule has 2 fully saturated rings. The molecule has 0 amide bonds. The van der Waals surface area contributed by atoms with Crippen molar-refractivity contribution in [1.29, 1.82) is 0 Å². The molecule has 4 rings (SSSR count). The lowest BCUT2D eigenvalue weighted by atomic mass is 9.89. The Morgan fingerprint density at radius 3 is 2.65 bits per heavy atom. The number of anilines is 2. The van der Waals surface area contributed by atoms with Crippen LogP contribution in [0, 0.1) is 11.7 Å². The lowest BCUT2D eigenvalue weighted by Gasteiger charge is -2.36. The summed E-state index contributed by atoms with van der Waals surface area (Å²) in [6.07, 6.45) is 8.59. The van der Waals surface area contributed by atoms with E-state index in [4.69, 9.17) is 15.5 Å². The second-order valence-corrected chi connectivity index (χ2v) is 9.82. The number of rotatable bonds is 9. The summed E-state index contributed by atoms with van der Waals surface area (Å²) < 4.78 is 20.2. The number of nitrogens with two attached hydrogens (primary N) is 1. The van der Waals surface area contributed by atoms with Crippen LogP contribution in [-0.2, 0) is 0 Å². The molecule has 2 aliphatic rings. The van der Waals surface area contributed by atoms with Crippen molar-refractivity contribution >= 4 is 23.5 Å². The molecule has 1 saturated carbocycles. The maximum absolute atomic E-state index is 14.8. The molecule has 0 spiro atoms. The molecule has 1 aromatic heterocycles. The molecule has 8 nitrogen and oxygen atoms in total. The Bertz CT molecular complexity index is 968. The van der Waals surface area contributed by atoms with E-state index in [-0.39, 0.29) is 16.2 Å². The predicted molar refractivity (Wildman–Crippen MR) is 135 cm³/mol. The Labute approximate surface area is 202 Å². The Balaban J connectivity index is 1.67. The molecule has 2 heterocycles. The molecule has 9 heteroatoms. The van der Waals surface area contributed by atoms with E-state index in [1.54, 1.807) is 6.07 Å². The molecular weight excluding hydrogens is 433 g/mol. The smallest absolute Gasteiger partial charge is 0.340 e. The zero-order valence-corrected chi connectivity index (χ0v) is 20.8. The zero-order valence-electron chi connectivity index (χ0n) is 20.8. The van der Waals surface area contributed by atoms with E-state index >= 15 is 0 Å². The summed E-state index contributed by atoms with van der Waals surface area (Å²) in [6, 6.07) is 5.43. The van der Waals surface area contributed by atoms with Crippen molar-refractivity contribution in [3.8, 4) is 5.75 Å². The van der Waals surface area contributed by atoms with E-state index in [2.05, 4.69) is 27.1 Å². The third kappa shape index (κ3) is 5.41. The lowest BCUT2D eigenvalue weighted by Crippen LogP contribution is -2.50. The first-order valence-electron chi connectivity index (χ1n) is 12.6. The van der Waals surface area contributed by atoms with Crippen LogP contribution in [-0.4, -0.2) is 66.2 Å². The number of methoxy groups -OCH3 is 1. The van der Waals surface area contributed by atoms with Crippen LogP contribution in [0.25, 0.3) is 0 Å². The molecule has 1 aliphatic carbocycles. The minimum Gasteiger partial charge on any atom is -0.494 e. The molecule has 34 heavy (non-hydrogen) atoms. The van der Waals surface area contributed by atoms with Crippen molar-refractivity contribution in [2.75, 3.05) is 51.4 Å². The van der Waals surface area contributed by atoms with Crippen molar-refractivity contribution in [2.45, 2.75) is 57.9 Å². The minimum absolute atomic E-state index is 0.174. The van der Waals surface area contributed by atoms with E-state index in [0.717, 1.165) is 38.2 Å². The van der Waals surface area contributed by atoms with Gasteiger partial charge in [-0.15, -0.1) is 9.97 Å². The maximum atomic E-state index is 14.8. The Hall–Kier alpha value is -2.52. The number of quaternary nitrogens is 1. The SMILES string of the molecule is CCN1CCCC1C[N+](C)(c1ccc(OC)c(F)c1)c1nc(N)nc(NCC2CCCCC2)n1. The first kappa shape index (κ1) is 24.6. The molecular formula is C25H39FN7O+. The van der Waals surface area contributed by atoms with Crippen LogP contribution in [0.5, 0.6) is 5.75 Å². The molecule has 3 N–H and O–H groups in total. The van der Waals surface area contributed by atoms with Gasteiger partial charge >= 0.3 is 5.95 Å². The number of nitrogen functional groups attached to an aromatic ring is 1. The quantitative estimate of drug-likeness (QED) is 0.525. The average Bonchev–Trinajstić information content (AvgIpc) is 3.29. The number of hydrogen-bond acceptors (Lipinski definition) is 7. The summed E-state index contributed by atoms with van der Waals surface area (Å²) in [5.41, 5.74) is 6.92. The van der Waals surface area contributed by atoms with Crippen LogP contribution in [0.1, 0.15) is 51.9 Å². The highest BCUT2D eigenvalue weighted by atomic mass is 19.1. The van der Waals surface area contributed by atoms with Crippen LogP contribution < -0.4 is 20.3 Å². The maximum Gasteiger partial charge on any atom is 0.340 e. The average molecular weight is 473 g/mol. The van der Waals surface area contributed by atoms with Gasteiger partial charge in [0, 0.05) is 18.7 Å². The molecule has 2 atom stereocenters. The molecule has 186 valence electrons. The number of ether oxygens (including phenoxy) is 1. The van der Waals surface area contributed by atoms with Crippen molar-refractivity contribution in [3.05, 3.63) is 24.0 Å². The first-order chi connectivity index (χ1) is 16.4. The van der Waals surface area contributed by atoms with Gasteiger partial charge in [0.2, 0.25) is 11.9 Å². The molecule has 1 aromatic carbocycles. The van der Waals surface area contributed by atoms with Crippen LogP contribution in [0.15, 0.2) is 18.2 Å². The van der Waals surface area contributed by atoms with Crippen molar-refractivity contribution in [1.82, 2.24) is 24.3 Å². The number of benzene rings is 1. The summed E-state index contributed by atoms with van der Waals surface area (Å²) in [7, 11) is 3.51. The normalized spacial score (nSPS) is 21.4. The van der Waals surface area contributed by atoms with Crippen LogP contribution in [0.2, 0.25) is 0 Å². The van der Waals surface area contributed by atoms with Gasteiger partial charge in [0.05, 0.1) is 20.2 Å². The topological polar surface area (TPSA) is 89.2 Å². The number of aromatic nitrogens is 3. The van der Waals surface area contributed by atoms with E-state index in [1.165, 1.54) is 45.3 Å². The highest BCUT2D eigenvalue weighted by Gasteiger charge is 2.39. The van der Waals surface area contributed by atoms with Gasteiger partial charge in [-0.1, -0.05) is 26.2 Å². The van der Waals surface area contributed by atoms with Crippen molar-refractivity contribution < 1.29 is 9.13 Å². The summed E-state index contributed by atoms with van der Waals surface area (Å²) in [5, 5.41) is 3.41. The van der Waals surface area contributed by atoms with E-state index < -0.39 is 5.82 Å². The fourth-order valence-electron chi connectivity index (χ4n) is 5.51. The first-order valence-corrected chi connectivity index (χ1v) is 12.6. The molecule has 0 radical (unpaired) electrons. The third-order valence-electron chi connectivity index (χ3n) is 7.54. The molecule has 0 bridgehead atoms. The summed E-state index contributed by atoms with van der Waals surface area (Å²) >= 11 is 0. The lowest BCUT2D eigenvalue weighted by molar-refractivity contribution is 0.225. The number of halogens is 1. The van der Waals surface area contributed by atoms with Gasteiger partial charge in [-0.05, 0) is 50.8 Å².